The first kappa shape index (κ1) is 22.2. The van der Waals surface area contributed by atoms with Gasteiger partial charge in [-0.05, 0) is 18.3 Å². The molecule has 0 N–H and O–H groups in total. The van der Waals surface area contributed by atoms with Crippen molar-refractivity contribution >= 4 is 6.16 Å². The Bertz CT molecular complexity index is 208. The number of ether oxygens (including phenoxy) is 1. The quantitative estimate of drug-likeness (QED) is 0.321. The minimum Gasteiger partial charge on any atom is -0.550 e. The minimum atomic E-state index is -1.41. The van der Waals surface area contributed by atoms with Crippen LogP contribution in [-0.4, -0.2) is 12.8 Å². The second kappa shape index (κ2) is 15.3. The molecule has 0 bridgehead atoms. The van der Waals surface area contributed by atoms with E-state index in [1.807, 2.05) is 0 Å². The van der Waals surface area contributed by atoms with Gasteiger partial charge in [-0.25, -0.2) is 0 Å². The molecule has 1 unspecified atom stereocenters. The van der Waals surface area contributed by atoms with Crippen LogP contribution >= 0.6 is 0 Å². The van der Waals surface area contributed by atoms with Gasteiger partial charge in [0, 0.05) is 6.61 Å². The topological polar surface area (TPSA) is 49.4 Å². The van der Waals surface area contributed by atoms with E-state index in [-0.39, 0.29) is 58.0 Å². The van der Waals surface area contributed by atoms with Crippen LogP contribution in [0.15, 0.2) is 0 Å². The average molecular weight is 296 g/mol. The summed E-state index contributed by atoms with van der Waals surface area (Å²) in [5.41, 5.74) is 0. The number of hydrogen-bond donors (Lipinski definition) is 0. The number of rotatable bonds is 11. The summed E-state index contributed by atoms with van der Waals surface area (Å²) in [7, 11) is 0. The Morgan fingerprint density at radius 3 is 2.16 bits per heavy atom. The smallest absolute Gasteiger partial charge is 0.550 e. The third kappa shape index (κ3) is 15.1. The van der Waals surface area contributed by atoms with Crippen LogP contribution in [-0.2, 0) is 4.74 Å². The summed E-state index contributed by atoms with van der Waals surface area (Å²) in [6.45, 7) is 7.16. The Morgan fingerprint density at radius 2 is 1.63 bits per heavy atom. The van der Waals surface area contributed by atoms with E-state index in [0.717, 1.165) is 24.7 Å². The van der Waals surface area contributed by atoms with Crippen LogP contribution in [0.3, 0.4) is 0 Å². The molecule has 0 aliphatic heterocycles. The van der Waals surface area contributed by atoms with E-state index < -0.39 is 6.16 Å². The number of hydrogen-bond acceptors (Lipinski definition) is 3. The number of carboxylic acid groups (broad SMARTS) is 1. The molecule has 0 saturated carbocycles. The summed E-state index contributed by atoms with van der Waals surface area (Å²) in [4.78, 5) is 10.0. The molecule has 108 valence electrons. The van der Waals surface area contributed by atoms with Gasteiger partial charge in [0.1, 0.15) is 0 Å². The zero-order valence-electron chi connectivity index (χ0n) is 13.2. The SMILES string of the molecule is CCCCC(CCCCCCOC(=O)[O-])C(C)C.[K+]. The summed E-state index contributed by atoms with van der Waals surface area (Å²) in [6.07, 6.45) is 8.15. The van der Waals surface area contributed by atoms with Crippen molar-refractivity contribution in [3.8, 4) is 0 Å². The molecule has 3 nitrogen and oxygen atoms in total. The summed E-state index contributed by atoms with van der Waals surface area (Å²) >= 11 is 0. The van der Waals surface area contributed by atoms with E-state index in [9.17, 15) is 9.90 Å². The van der Waals surface area contributed by atoms with Crippen molar-refractivity contribution in [1.29, 1.82) is 0 Å². The van der Waals surface area contributed by atoms with Crippen molar-refractivity contribution in [3.05, 3.63) is 0 Å². The largest absolute Gasteiger partial charge is 1.00 e. The summed E-state index contributed by atoms with van der Waals surface area (Å²) in [5.74, 6) is 1.63. The fraction of sp³-hybridized carbons (Fsp3) is 0.933. The second-order valence-electron chi connectivity index (χ2n) is 5.45. The van der Waals surface area contributed by atoms with Crippen molar-refractivity contribution in [1.82, 2.24) is 0 Å². The zero-order valence-corrected chi connectivity index (χ0v) is 16.4. The fourth-order valence-electron chi connectivity index (χ4n) is 2.29. The van der Waals surface area contributed by atoms with Crippen molar-refractivity contribution < 1.29 is 66.0 Å². The van der Waals surface area contributed by atoms with E-state index in [0.29, 0.717) is 0 Å². The van der Waals surface area contributed by atoms with E-state index in [4.69, 9.17) is 0 Å². The van der Waals surface area contributed by atoms with E-state index in [1.165, 1.54) is 38.5 Å². The van der Waals surface area contributed by atoms with Gasteiger partial charge < -0.3 is 14.6 Å². The second-order valence-corrected chi connectivity index (χ2v) is 5.45. The average Bonchev–Trinajstić information content (AvgIpc) is 2.30. The van der Waals surface area contributed by atoms with Gasteiger partial charge >= 0.3 is 51.4 Å². The molecule has 0 rings (SSSR count). The Hall–Kier alpha value is 0.906. The van der Waals surface area contributed by atoms with Crippen LogP contribution in [0.5, 0.6) is 0 Å². The van der Waals surface area contributed by atoms with Crippen LogP contribution in [0, 0.1) is 11.8 Å². The van der Waals surface area contributed by atoms with Crippen molar-refractivity contribution in [2.45, 2.75) is 72.1 Å². The van der Waals surface area contributed by atoms with Crippen LogP contribution in [0.4, 0.5) is 4.79 Å². The maximum absolute atomic E-state index is 10.0. The fourth-order valence-corrected chi connectivity index (χ4v) is 2.29. The molecule has 1 atom stereocenters. The van der Waals surface area contributed by atoms with Gasteiger partial charge in [-0.15, -0.1) is 0 Å². The van der Waals surface area contributed by atoms with Gasteiger partial charge in [-0.2, -0.15) is 0 Å². The molecule has 0 fully saturated rings. The standard InChI is InChI=1S/C15H30O3.K/c1-4-5-10-14(13(2)3)11-8-6-7-9-12-18-15(16)17;/h13-14H,4-12H2,1-3H3,(H,16,17);/q;+1/p-1. The maximum atomic E-state index is 10.0. The monoisotopic (exact) mass is 296 g/mol. The number of unbranched alkanes of at least 4 members (excludes halogenated alkanes) is 4. The first-order valence-corrected chi connectivity index (χ1v) is 7.41. The molecule has 0 heterocycles. The molecule has 0 aliphatic carbocycles. The normalized spacial score (nSPS) is 12.0. The summed E-state index contributed by atoms with van der Waals surface area (Å²) in [6, 6.07) is 0. The predicted octanol–water partition coefficient (Wildman–Crippen LogP) is 0.763. The maximum Gasteiger partial charge on any atom is 1.00 e. The minimum absolute atomic E-state index is 0. The summed E-state index contributed by atoms with van der Waals surface area (Å²) < 4.78 is 4.37. The Morgan fingerprint density at radius 1 is 1.05 bits per heavy atom. The van der Waals surface area contributed by atoms with Gasteiger partial charge in [0.25, 0.3) is 6.16 Å². The molecule has 4 heteroatoms. The molecular weight excluding hydrogens is 267 g/mol. The Labute approximate surface area is 161 Å². The Balaban J connectivity index is 0. The van der Waals surface area contributed by atoms with Crippen molar-refractivity contribution in [2.24, 2.45) is 11.8 Å². The Kier molecular flexibility index (Phi) is 17.9. The van der Waals surface area contributed by atoms with Gasteiger partial charge in [0.15, 0.2) is 0 Å². The van der Waals surface area contributed by atoms with Crippen molar-refractivity contribution in [2.75, 3.05) is 6.61 Å². The van der Waals surface area contributed by atoms with Crippen LogP contribution in [0.25, 0.3) is 0 Å². The van der Waals surface area contributed by atoms with Gasteiger partial charge in [-0.1, -0.05) is 65.7 Å². The van der Waals surface area contributed by atoms with Gasteiger partial charge in [0.2, 0.25) is 0 Å². The van der Waals surface area contributed by atoms with E-state index in [1.54, 1.807) is 0 Å². The first-order chi connectivity index (χ1) is 8.57. The predicted molar refractivity (Wildman–Crippen MR) is 72.3 cm³/mol. The summed E-state index contributed by atoms with van der Waals surface area (Å²) in [5, 5.41) is 10.0. The van der Waals surface area contributed by atoms with Crippen LogP contribution in [0.2, 0.25) is 0 Å². The number of carbonyl (C=O) groups excluding carboxylic acids is 1. The molecule has 19 heavy (non-hydrogen) atoms. The third-order valence-corrected chi connectivity index (χ3v) is 3.56. The molecule has 0 aromatic rings. The number of carbonyl (C=O) groups is 1. The van der Waals surface area contributed by atoms with Gasteiger partial charge in [-0.3, -0.25) is 0 Å². The third-order valence-electron chi connectivity index (χ3n) is 3.56. The molecular formula is C15H29KO3. The van der Waals surface area contributed by atoms with E-state index in [2.05, 4.69) is 25.5 Å². The molecule has 0 spiro atoms. The zero-order chi connectivity index (χ0) is 13.8. The molecule has 0 saturated heterocycles. The van der Waals surface area contributed by atoms with E-state index >= 15 is 0 Å². The van der Waals surface area contributed by atoms with Crippen molar-refractivity contribution in [3.63, 3.8) is 0 Å². The van der Waals surface area contributed by atoms with Crippen LogP contribution in [0.1, 0.15) is 72.1 Å². The molecule has 0 aliphatic rings. The van der Waals surface area contributed by atoms with Gasteiger partial charge in [0.05, 0.1) is 0 Å². The first-order valence-electron chi connectivity index (χ1n) is 7.41. The van der Waals surface area contributed by atoms with Crippen LogP contribution < -0.4 is 56.5 Å². The molecule has 0 radical (unpaired) electrons. The molecule has 0 aromatic heterocycles. The molecule has 0 amide bonds. The molecule has 0 aromatic carbocycles.